The van der Waals surface area contributed by atoms with Crippen molar-refractivity contribution >= 4 is 33.7 Å². The first kappa shape index (κ1) is 22.0. The number of methoxy groups -OCH3 is 1. The summed E-state index contributed by atoms with van der Waals surface area (Å²) in [5.41, 5.74) is 0.492. The molecule has 1 aliphatic rings. The van der Waals surface area contributed by atoms with Crippen molar-refractivity contribution in [2.24, 2.45) is 5.92 Å². The van der Waals surface area contributed by atoms with Crippen LogP contribution < -0.4 is 15.0 Å². The summed E-state index contributed by atoms with van der Waals surface area (Å²) >= 11 is 3.33. The molecule has 2 amide bonds. The van der Waals surface area contributed by atoms with Gasteiger partial charge in [-0.2, -0.15) is 0 Å². The van der Waals surface area contributed by atoms with Gasteiger partial charge in [-0.25, -0.2) is 9.97 Å². The lowest BCUT2D eigenvalue weighted by molar-refractivity contribution is -0.134. The third-order valence-corrected chi connectivity index (χ3v) is 5.46. The summed E-state index contributed by atoms with van der Waals surface area (Å²) in [7, 11) is 1.57. The van der Waals surface area contributed by atoms with E-state index < -0.39 is 6.04 Å². The zero-order valence-corrected chi connectivity index (χ0v) is 18.9. The predicted molar refractivity (Wildman–Crippen MR) is 118 cm³/mol. The summed E-state index contributed by atoms with van der Waals surface area (Å²) < 4.78 is 5.95. The summed E-state index contributed by atoms with van der Waals surface area (Å²) in [5, 5.41) is 2.90. The number of benzene rings is 1. The van der Waals surface area contributed by atoms with E-state index in [0.717, 1.165) is 4.47 Å². The number of piperazine rings is 1. The van der Waals surface area contributed by atoms with E-state index in [9.17, 15) is 9.59 Å². The number of rotatable bonds is 6. The Morgan fingerprint density at radius 2 is 1.67 bits per heavy atom. The van der Waals surface area contributed by atoms with Gasteiger partial charge in [0.15, 0.2) is 0 Å². The molecule has 1 unspecified atom stereocenters. The smallest absolute Gasteiger partial charge is 0.251 e. The van der Waals surface area contributed by atoms with Gasteiger partial charge in [0.1, 0.15) is 11.8 Å². The van der Waals surface area contributed by atoms with E-state index in [0.29, 0.717) is 43.4 Å². The van der Waals surface area contributed by atoms with Gasteiger partial charge in [0.05, 0.1) is 11.6 Å². The van der Waals surface area contributed by atoms with Crippen molar-refractivity contribution in [1.82, 2.24) is 20.2 Å². The van der Waals surface area contributed by atoms with Crippen molar-refractivity contribution in [1.29, 1.82) is 0 Å². The quantitative estimate of drug-likeness (QED) is 0.689. The Bertz CT molecular complexity index is 865. The van der Waals surface area contributed by atoms with Crippen LogP contribution in [0.3, 0.4) is 0 Å². The number of carbonyl (C=O) groups is 2. The zero-order valence-electron chi connectivity index (χ0n) is 17.3. The molecule has 1 N–H and O–H groups in total. The molecule has 0 radical (unpaired) electrons. The topological polar surface area (TPSA) is 87.7 Å². The van der Waals surface area contributed by atoms with Crippen LogP contribution in [0.2, 0.25) is 0 Å². The van der Waals surface area contributed by atoms with E-state index in [-0.39, 0.29) is 17.7 Å². The second kappa shape index (κ2) is 9.88. The van der Waals surface area contributed by atoms with E-state index in [1.54, 1.807) is 48.7 Å². The van der Waals surface area contributed by atoms with Gasteiger partial charge in [0.2, 0.25) is 11.9 Å². The number of anilines is 1. The SMILES string of the molecule is COc1ccc(C(=O)NC(C(=O)N2CCN(c3ncc(Br)cn3)CC2)C(C)C)cc1. The van der Waals surface area contributed by atoms with E-state index in [2.05, 4.69) is 36.1 Å². The molecule has 2 aromatic rings. The molecule has 0 bridgehead atoms. The normalized spacial score (nSPS) is 15.1. The number of nitrogens with zero attached hydrogens (tertiary/aromatic N) is 4. The maximum atomic E-state index is 13.1. The highest BCUT2D eigenvalue weighted by molar-refractivity contribution is 9.10. The van der Waals surface area contributed by atoms with Gasteiger partial charge in [-0.3, -0.25) is 9.59 Å². The van der Waals surface area contributed by atoms with Crippen LogP contribution in [0, 0.1) is 5.92 Å². The van der Waals surface area contributed by atoms with E-state index >= 15 is 0 Å². The van der Waals surface area contributed by atoms with E-state index in [1.165, 1.54) is 0 Å². The van der Waals surface area contributed by atoms with Crippen LogP contribution in [0.15, 0.2) is 41.1 Å². The predicted octanol–water partition coefficient (Wildman–Crippen LogP) is 2.35. The molecule has 9 heteroatoms. The summed E-state index contributed by atoms with van der Waals surface area (Å²) in [6.45, 7) is 6.26. The molecule has 3 rings (SSSR count). The van der Waals surface area contributed by atoms with Crippen molar-refractivity contribution in [3.05, 3.63) is 46.7 Å². The number of nitrogens with one attached hydrogen (secondary N) is 1. The second-order valence-electron chi connectivity index (χ2n) is 7.44. The largest absolute Gasteiger partial charge is 0.497 e. The highest BCUT2D eigenvalue weighted by Gasteiger charge is 2.31. The first-order valence-corrected chi connectivity index (χ1v) is 10.6. The van der Waals surface area contributed by atoms with Crippen molar-refractivity contribution in [3.8, 4) is 5.75 Å². The average molecular weight is 476 g/mol. The van der Waals surface area contributed by atoms with Crippen molar-refractivity contribution in [2.75, 3.05) is 38.2 Å². The van der Waals surface area contributed by atoms with Crippen LogP contribution in [0.4, 0.5) is 5.95 Å². The van der Waals surface area contributed by atoms with Crippen molar-refractivity contribution in [3.63, 3.8) is 0 Å². The fourth-order valence-corrected chi connectivity index (χ4v) is 3.48. The molecule has 2 heterocycles. The molecule has 30 heavy (non-hydrogen) atoms. The van der Waals surface area contributed by atoms with Crippen LogP contribution in [0.25, 0.3) is 0 Å². The van der Waals surface area contributed by atoms with Crippen LogP contribution in [0.5, 0.6) is 5.75 Å². The Morgan fingerprint density at radius 1 is 1.07 bits per heavy atom. The molecule has 8 nitrogen and oxygen atoms in total. The first-order chi connectivity index (χ1) is 14.4. The van der Waals surface area contributed by atoms with Crippen LogP contribution in [-0.2, 0) is 4.79 Å². The first-order valence-electron chi connectivity index (χ1n) is 9.85. The number of hydrogen-bond donors (Lipinski definition) is 1. The fourth-order valence-electron chi connectivity index (χ4n) is 3.27. The monoisotopic (exact) mass is 475 g/mol. The molecule has 1 aromatic heterocycles. The van der Waals surface area contributed by atoms with Gasteiger partial charge in [0.25, 0.3) is 5.91 Å². The molecule has 1 aliphatic heterocycles. The number of carbonyl (C=O) groups excluding carboxylic acids is 2. The third-order valence-electron chi connectivity index (χ3n) is 5.05. The van der Waals surface area contributed by atoms with Gasteiger partial charge in [-0.15, -0.1) is 0 Å². The lowest BCUT2D eigenvalue weighted by Crippen LogP contribution is -2.56. The summed E-state index contributed by atoms with van der Waals surface area (Å²) in [5.74, 6) is 0.955. The van der Waals surface area contributed by atoms with Gasteiger partial charge >= 0.3 is 0 Å². The van der Waals surface area contributed by atoms with Crippen molar-refractivity contribution < 1.29 is 14.3 Å². The molecule has 0 aliphatic carbocycles. The standard InChI is InChI=1S/C21H26BrN5O3/c1-14(2)18(25-19(28)15-4-6-17(30-3)7-5-15)20(29)26-8-10-27(11-9-26)21-23-12-16(22)13-24-21/h4-7,12-14,18H,8-11H2,1-3H3,(H,25,28). The highest BCUT2D eigenvalue weighted by atomic mass is 79.9. The van der Waals surface area contributed by atoms with Gasteiger partial charge in [-0.05, 0) is 46.1 Å². The Hall–Kier alpha value is -2.68. The Balaban J connectivity index is 1.61. The number of halogens is 1. The summed E-state index contributed by atoms with van der Waals surface area (Å²) in [4.78, 5) is 38.3. The molecule has 0 spiro atoms. The Kier molecular flexibility index (Phi) is 7.25. The fraction of sp³-hybridized carbons (Fsp3) is 0.429. The Morgan fingerprint density at radius 3 is 2.20 bits per heavy atom. The Labute approximate surface area is 184 Å². The van der Waals surface area contributed by atoms with Gasteiger partial charge in [0, 0.05) is 44.1 Å². The minimum atomic E-state index is -0.588. The number of amides is 2. The van der Waals surface area contributed by atoms with Crippen LogP contribution in [0.1, 0.15) is 24.2 Å². The molecule has 1 saturated heterocycles. The number of ether oxygens (including phenoxy) is 1. The average Bonchev–Trinajstić information content (AvgIpc) is 2.77. The lowest BCUT2D eigenvalue weighted by atomic mass is 10.0. The number of hydrogen-bond acceptors (Lipinski definition) is 6. The molecule has 0 saturated carbocycles. The third kappa shape index (κ3) is 5.27. The minimum Gasteiger partial charge on any atom is -0.497 e. The van der Waals surface area contributed by atoms with E-state index in [1.807, 2.05) is 13.8 Å². The van der Waals surface area contributed by atoms with Crippen LogP contribution >= 0.6 is 15.9 Å². The number of aromatic nitrogens is 2. The molecular weight excluding hydrogens is 450 g/mol. The van der Waals surface area contributed by atoms with Gasteiger partial charge < -0.3 is 19.9 Å². The van der Waals surface area contributed by atoms with Crippen LogP contribution in [-0.4, -0.2) is 66.0 Å². The highest BCUT2D eigenvalue weighted by Crippen LogP contribution is 2.16. The maximum Gasteiger partial charge on any atom is 0.251 e. The second-order valence-corrected chi connectivity index (χ2v) is 8.35. The zero-order chi connectivity index (χ0) is 21.7. The molecular formula is C21H26BrN5O3. The molecule has 160 valence electrons. The lowest BCUT2D eigenvalue weighted by Gasteiger charge is -2.37. The maximum absolute atomic E-state index is 13.1. The summed E-state index contributed by atoms with van der Waals surface area (Å²) in [6, 6.07) is 6.24. The molecule has 1 fully saturated rings. The molecule has 1 aromatic carbocycles. The van der Waals surface area contributed by atoms with Crippen molar-refractivity contribution in [2.45, 2.75) is 19.9 Å². The van der Waals surface area contributed by atoms with Gasteiger partial charge in [-0.1, -0.05) is 13.8 Å². The van der Waals surface area contributed by atoms with E-state index in [4.69, 9.17) is 4.74 Å². The molecule has 1 atom stereocenters. The summed E-state index contributed by atoms with van der Waals surface area (Å²) in [6.07, 6.45) is 3.42. The minimum absolute atomic E-state index is 0.0347.